The van der Waals surface area contributed by atoms with Gasteiger partial charge in [0.05, 0.1) is 12.7 Å². The molecule has 22 heavy (non-hydrogen) atoms. The van der Waals surface area contributed by atoms with Crippen molar-refractivity contribution in [2.24, 2.45) is 0 Å². The van der Waals surface area contributed by atoms with E-state index >= 15 is 0 Å². The first-order valence-electron chi connectivity index (χ1n) is 7.40. The summed E-state index contributed by atoms with van der Waals surface area (Å²) in [6.07, 6.45) is 2.14. The molecule has 1 N–H and O–H groups in total. The number of hydrogen-bond donors (Lipinski definition) is 1. The molecule has 0 unspecified atom stereocenters. The molecule has 1 aliphatic rings. The summed E-state index contributed by atoms with van der Waals surface area (Å²) >= 11 is 0. The van der Waals surface area contributed by atoms with Gasteiger partial charge in [0.1, 0.15) is 6.04 Å². The van der Waals surface area contributed by atoms with Crippen LogP contribution in [0.3, 0.4) is 0 Å². The fourth-order valence-electron chi connectivity index (χ4n) is 2.67. The standard InChI is InChI=1S/C17H21NO4/c1-3-12-6-5-7-13(8-12)11-22-14-9-15(17(20)21)18(10-14)16(19)4-2/h4-8,14-15H,2-3,9-11H2,1H3,(H,20,21)/t14-,15+/m0/s1. The van der Waals surface area contributed by atoms with Crippen LogP contribution in [-0.4, -0.2) is 40.6 Å². The largest absolute Gasteiger partial charge is 0.480 e. The van der Waals surface area contributed by atoms with Gasteiger partial charge in [0.25, 0.3) is 0 Å². The molecule has 1 aromatic rings. The van der Waals surface area contributed by atoms with Crippen LogP contribution in [0.15, 0.2) is 36.9 Å². The van der Waals surface area contributed by atoms with Gasteiger partial charge in [-0.05, 0) is 23.6 Å². The van der Waals surface area contributed by atoms with Crippen LogP contribution in [0.5, 0.6) is 0 Å². The molecular formula is C17H21NO4. The van der Waals surface area contributed by atoms with Crippen LogP contribution in [0.4, 0.5) is 0 Å². The maximum atomic E-state index is 11.7. The fourth-order valence-corrected chi connectivity index (χ4v) is 2.67. The summed E-state index contributed by atoms with van der Waals surface area (Å²) < 4.78 is 5.80. The van der Waals surface area contributed by atoms with E-state index in [0.29, 0.717) is 13.0 Å². The monoisotopic (exact) mass is 303 g/mol. The quantitative estimate of drug-likeness (QED) is 0.816. The molecule has 5 heteroatoms. The first-order valence-corrected chi connectivity index (χ1v) is 7.40. The molecule has 0 aliphatic carbocycles. The molecule has 0 spiro atoms. The number of amides is 1. The summed E-state index contributed by atoms with van der Waals surface area (Å²) in [5, 5.41) is 9.22. The number of aliphatic carboxylic acids is 1. The molecule has 0 bridgehead atoms. The van der Waals surface area contributed by atoms with Gasteiger partial charge in [-0.15, -0.1) is 0 Å². The van der Waals surface area contributed by atoms with Gasteiger partial charge in [0, 0.05) is 13.0 Å². The topological polar surface area (TPSA) is 66.8 Å². The Kier molecular flexibility index (Phi) is 5.33. The zero-order valence-electron chi connectivity index (χ0n) is 12.7. The van der Waals surface area contributed by atoms with Crippen molar-refractivity contribution in [1.82, 2.24) is 4.90 Å². The summed E-state index contributed by atoms with van der Waals surface area (Å²) in [6.45, 7) is 6.21. The van der Waals surface area contributed by atoms with E-state index in [1.165, 1.54) is 10.5 Å². The molecule has 1 aliphatic heterocycles. The second kappa shape index (κ2) is 7.22. The molecule has 118 valence electrons. The molecular weight excluding hydrogens is 282 g/mol. The molecule has 1 aromatic carbocycles. The third kappa shape index (κ3) is 3.74. The number of benzene rings is 1. The maximum absolute atomic E-state index is 11.7. The normalized spacial score (nSPS) is 20.9. The Morgan fingerprint density at radius 3 is 2.82 bits per heavy atom. The minimum absolute atomic E-state index is 0.268. The Morgan fingerprint density at radius 1 is 1.45 bits per heavy atom. The number of carboxylic acid groups (broad SMARTS) is 1. The van der Waals surface area contributed by atoms with E-state index in [-0.39, 0.29) is 18.6 Å². The number of aryl methyl sites for hydroxylation is 1. The predicted octanol–water partition coefficient (Wildman–Crippen LogP) is 2.01. The Balaban J connectivity index is 1.97. The van der Waals surface area contributed by atoms with E-state index < -0.39 is 12.0 Å². The summed E-state index contributed by atoms with van der Waals surface area (Å²) in [5.74, 6) is -1.37. The van der Waals surface area contributed by atoms with Crippen molar-refractivity contribution in [2.45, 2.75) is 38.5 Å². The molecule has 5 nitrogen and oxygen atoms in total. The van der Waals surface area contributed by atoms with E-state index in [0.717, 1.165) is 18.1 Å². The Bertz CT molecular complexity index is 570. The summed E-state index contributed by atoms with van der Waals surface area (Å²) in [6, 6.07) is 7.27. The van der Waals surface area contributed by atoms with Crippen molar-refractivity contribution >= 4 is 11.9 Å². The van der Waals surface area contributed by atoms with Crippen LogP contribution in [0, 0.1) is 0 Å². The zero-order valence-corrected chi connectivity index (χ0v) is 12.7. The lowest BCUT2D eigenvalue weighted by Gasteiger charge is -2.19. The summed E-state index contributed by atoms with van der Waals surface area (Å²) in [7, 11) is 0. The highest BCUT2D eigenvalue weighted by Crippen LogP contribution is 2.22. The lowest BCUT2D eigenvalue weighted by atomic mass is 10.1. The molecule has 2 rings (SSSR count). The van der Waals surface area contributed by atoms with Gasteiger partial charge in [0.2, 0.25) is 5.91 Å². The molecule has 0 saturated carbocycles. The van der Waals surface area contributed by atoms with Gasteiger partial charge in [-0.1, -0.05) is 37.8 Å². The van der Waals surface area contributed by atoms with Crippen LogP contribution in [0.2, 0.25) is 0 Å². The van der Waals surface area contributed by atoms with Crippen molar-refractivity contribution in [3.05, 3.63) is 48.0 Å². The minimum atomic E-state index is -1.01. The SMILES string of the molecule is C=CC(=O)N1C[C@@H](OCc2cccc(CC)c2)C[C@@H]1C(=O)O. The lowest BCUT2D eigenvalue weighted by molar-refractivity contribution is -0.146. The van der Waals surface area contributed by atoms with Crippen molar-refractivity contribution in [2.75, 3.05) is 6.54 Å². The first-order chi connectivity index (χ1) is 10.5. The van der Waals surface area contributed by atoms with Crippen molar-refractivity contribution in [3.63, 3.8) is 0 Å². The Morgan fingerprint density at radius 2 is 2.18 bits per heavy atom. The molecule has 1 fully saturated rings. The number of rotatable bonds is 6. The molecule has 0 aromatic heterocycles. The van der Waals surface area contributed by atoms with Crippen molar-refractivity contribution < 1.29 is 19.4 Å². The third-order valence-electron chi connectivity index (χ3n) is 3.89. The number of likely N-dealkylation sites (tertiary alicyclic amines) is 1. The van der Waals surface area contributed by atoms with Gasteiger partial charge in [-0.25, -0.2) is 4.79 Å². The van der Waals surface area contributed by atoms with Crippen LogP contribution < -0.4 is 0 Å². The number of carbonyl (C=O) groups excluding carboxylic acids is 1. The average Bonchev–Trinajstić information content (AvgIpc) is 2.97. The minimum Gasteiger partial charge on any atom is -0.480 e. The van der Waals surface area contributed by atoms with Gasteiger partial charge >= 0.3 is 5.97 Å². The van der Waals surface area contributed by atoms with E-state index in [1.807, 2.05) is 12.1 Å². The van der Waals surface area contributed by atoms with Gasteiger partial charge in [-0.2, -0.15) is 0 Å². The second-order valence-electron chi connectivity index (χ2n) is 5.39. The summed E-state index contributed by atoms with van der Waals surface area (Å²) in [5.41, 5.74) is 2.29. The number of nitrogens with zero attached hydrogens (tertiary/aromatic N) is 1. The van der Waals surface area contributed by atoms with Crippen molar-refractivity contribution in [1.29, 1.82) is 0 Å². The highest BCUT2D eigenvalue weighted by Gasteiger charge is 2.39. The smallest absolute Gasteiger partial charge is 0.326 e. The zero-order chi connectivity index (χ0) is 16.1. The highest BCUT2D eigenvalue weighted by molar-refractivity contribution is 5.91. The molecule has 2 atom stereocenters. The van der Waals surface area contributed by atoms with E-state index in [9.17, 15) is 14.7 Å². The fraction of sp³-hybridized carbons (Fsp3) is 0.412. The third-order valence-corrected chi connectivity index (χ3v) is 3.89. The van der Waals surface area contributed by atoms with E-state index in [1.54, 1.807) is 0 Å². The number of carboxylic acids is 1. The number of carbonyl (C=O) groups is 2. The first kappa shape index (κ1) is 16.2. The van der Waals surface area contributed by atoms with Crippen LogP contribution >= 0.6 is 0 Å². The Labute approximate surface area is 130 Å². The van der Waals surface area contributed by atoms with Gasteiger partial charge < -0.3 is 14.7 Å². The van der Waals surface area contributed by atoms with Crippen molar-refractivity contribution in [3.8, 4) is 0 Å². The average molecular weight is 303 g/mol. The molecule has 1 heterocycles. The van der Waals surface area contributed by atoms with Gasteiger partial charge in [0.15, 0.2) is 0 Å². The second-order valence-corrected chi connectivity index (χ2v) is 5.39. The highest BCUT2D eigenvalue weighted by atomic mass is 16.5. The number of hydrogen-bond acceptors (Lipinski definition) is 3. The van der Waals surface area contributed by atoms with E-state index in [4.69, 9.17) is 4.74 Å². The van der Waals surface area contributed by atoms with E-state index in [2.05, 4.69) is 25.6 Å². The lowest BCUT2D eigenvalue weighted by Crippen LogP contribution is -2.39. The Hall–Kier alpha value is -2.14. The number of ether oxygens (including phenoxy) is 1. The van der Waals surface area contributed by atoms with Crippen LogP contribution in [-0.2, 0) is 27.4 Å². The van der Waals surface area contributed by atoms with Gasteiger partial charge in [-0.3, -0.25) is 4.79 Å². The maximum Gasteiger partial charge on any atom is 0.326 e. The molecule has 0 radical (unpaired) electrons. The summed E-state index contributed by atoms with van der Waals surface area (Å²) in [4.78, 5) is 24.3. The molecule has 1 amide bonds. The van der Waals surface area contributed by atoms with Crippen LogP contribution in [0.1, 0.15) is 24.5 Å². The predicted molar refractivity (Wildman–Crippen MR) is 82.3 cm³/mol. The molecule has 1 saturated heterocycles. The van der Waals surface area contributed by atoms with Crippen LogP contribution in [0.25, 0.3) is 0 Å².